The van der Waals surface area contributed by atoms with Crippen molar-refractivity contribution in [1.82, 2.24) is 5.32 Å². The summed E-state index contributed by atoms with van der Waals surface area (Å²) in [7, 11) is 0. The Kier molecular flexibility index (Phi) is 4.40. The Morgan fingerprint density at radius 1 is 1.54 bits per heavy atom. The van der Waals surface area contributed by atoms with Crippen molar-refractivity contribution in [2.45, 2.75) is 57.2 Å². The van der Waals surface area contributed by atoms with Crippen LogP contribution in [0.25, 0.3) is 0 Å². The summed E-state index contributed by atoms with van der Waals surface area (Å²) < 4.78 is 12.4. The van der Waals surface area contributed by atoms with E-state index in [1.807, 2.05) is 6.92 Å². The van der Waals surface area contributed by atoms with Crippen LogP contribution in [0.3, 0.4) is 0 Å². The molecule has 132 valence electrons. The first-order valence-corrected chi connectivity index (χ1v) is 10.1. The van der Waals surface area contributed by atoms with Gasteiger partial charge in [-0.15, -0.1) is 11.3 Å². The van der Waals surface area contributed by atoms with Crippen molar-refractivity contribution < 1.29 is 14.3 Å². The van der Waals surface area contributed by atoms with E-state index in [0.29, 0.717) is 24.6 Å². The third-order valence-corrected chi connectivity index (χ3v) is 7.06. The van der Waals surface area contributed by atoms with Gasteiger partial charge in [0.2, 0.25) is 0 Å². The molecule has 0 aromatic carbocycles. The molecule has 1 aliphatic carbocycles. The van der Waals surface area contributed by atoms with Crippen molar-refractivity contribution in [2.24, 2.45) is 11.8 Å². The van der Waals surface area contributed by atoms with Crippen LogP contribution in [-0.4, -0.2) is 31.3 Å². The van der Waals surface area contributed by atoms with Gasteiger partial charge >= 0.3 is 5.97 Å². The van der Waals surface area contributed by atoms with Crippen LogP contribution in [-0.2, 0) is 26.3 Å². The van der Waals surface area contributed by atoms with Crippen LogP contribution in [0.4, 0.5) is 0 Å². The maximum absolute atomic E-state index is 12.0. The van der Waals surface area contributed by atoms with E-state index in [4.69, 9.17) is 21.1 Å². The Balaban J connectivity index is 1.55. The number of fused-ring (bicyclic) bond motifs is 2. The largest absolute Gasteiger partial charge is 0.466 e. The third-order valence-electron chi connectivity index (χ3n) is 5.57. The lowest BCUT2D eigenvalue weighted by atomic mass is 9.78. The zero-order valence-corrected chi connectivity index (χ0v) is 15.7. The SMILES string of the molecule is CCOC(=O)C1CC1[C@@H]1C[C@]2(C[C@H](C)N1)OCCc1cc(Cl)sc12. The van der Waals surface area contributed by atoms with Crippen LogP contribution in [0.2, 0.25) is 4.34 Å². The molecule has 1 saturated carbocycles. The van der Waals surface area contributed by atoms with Gasteiger partial charge in [-0.2, -0.15) is 0 Å². The summed E-state index contributed by atoms with van der Waals surface area (Å²) in [6, 6.07) is 2.76. The highest BCUT2D eigenvalue weighted by atomic mass is 35.5. The van der Waals surface area contributed by atoms with Crippen molar-refractivity contribution in [3.63, 3.8) is 0 Å². The zero-order valence-electron chi connectivity index (χ0n) is 14.1. The number of carbonyl (C=O) groups excluding carboxylic acids is 1. The maximum Gasteiger partial charge on any atom is 0.309 e. The number of carbonyl (C=O) groups is 1. The van der Waals surface area contributed by atoms with Crippen LogP contribution < -0.4 is 5.32 Å². The van der Waals surface area contributed by atoms with Crippen LogP contribution in [0.15, 0.2) is 6.07 Å². The highest BCUT2D eigenvalue weighted by molar-refractivity contribution is 7.16. The van der Waals surface area contributed by atoms with Gasteiger partial charge in [0.05, 0.1) is 23.5 Å². The Hall–Kier alpha value is -0.620. The van der Waals surface area contributed by atoms with Crippen molar-refractivity contribution in [3.8, 4) is 0 Å². The van der Waals surface area contributed by atoms with E-state index in [1.54, 1.807) is 11.3 Å². The number of esters is 1. The van der Waals surface area contributed by atoms with Gasteiger partial charge < -0.3 is 14.8 Å². The topological polar surface area (TPSA) is 47.6 Å². The molecule has 0 bridgehead atoms. The number of nitrogens with one attached hydrogen (secondary N) is 1. The molecule has 6 heteroatoms. The van der Waals surface area contributed by atoms with Crippen molar-refractivity contribution >= 4 is 28.9 Å². The average molecular weight is 370 g/mol. The number of hydrogen-bond acceptors (Lipinski definition) is 5. The lowest BCUT2D eigenvalue weighted by Crippen LogP contribution is -2.54. The first kappa shape index (κ1) is 16.8. The highest BCUT2D eigenvalue weighted by Gasteiger charge is 2.54. The molecular weight excluding hydrogens is 346 g/mol. The van der Waals surface area contributed by atoms with Gasteiger partial charge in [0, 0.05) is 17.0 Å². The molecule has 1 aromatic heterocycles. The van der Waals surface area contributed by atoms with E-state index >= 15 is 0 Å². The number of rotatable bonds is 3. The molecule has 4 nitrogen and oxygen atoms in total. The molecule has 1 saturated heterocycles. The molecule has 2 unspecified atom stereocenters. The van der Waals surface area contributed by atoms with E-state index in [1.165, 1.54) is 10.4 Å². The summed E-state index contributed by atoms with van der Waals surface area (Å²) in [4.78, 5) is 13.3. The molecule has 5 atom stereocenters. The summed E-state index contributed by atoms with van der Waals surface area (Å²) in [6.45, 7) is 5.29. The standard InChI is InChI=1S/C18H24ClNO3S/c1-3-22-17(21)13-7-12(13)14-9-18(8-10(2)20-14)16-11(4-5-23-18)6-15(19)24-16/h6,10,12-14,20H,3-5,7-9H2,1-2H3/t10-,12?,13?,14-,18-/m0/s1. The molecular formula is C18H24ClNO3S. The van der Waals surface area contributed by atoms with E-state index in [0.717, 1.165) is 36.6 Å². The number of piperidine rings is 1. The second kappa shape index (κ2) is 6.27. The quantitative estimate of drug-likeness (QED) is 0.828. The minimum absolute atomic E-state index is 0.0407. The van der Waals surface area contributed by atoms with Gasteiger partial charge in [0.1, 0.15) is 5.60 Å². The summed E-state index contributed by atoms with van der Waals surface area (Å²) in [5.74, 6) is 0.383. The number of thiophene rings is 1. The first-order valence-electron chi connectivity index (χ1n) is 8.88. The van der Waals surface area contributed by atoms with Gasteiger partial charge in [-0.25, -0.2) is 0 Å². The normalized spacial score (nSPS) is 38.0. The Labute approximate surface area is 151 Å². The van der Waals surface area contributed by atoms with E-state index in [-0.39, 0.29) is 17.5 Å². The molecule has 4 rings (SSSR count). The molecule has 24 heavy (non-hydrogen) atoms. The molecule has 0 amide bonds. The minimum Gasteiger partial charge on any atom is -0.466 e. The summed E-state index contributed by atoms with van der Waals surface area (Å²) in [6.07, 6.45) is 3.75. The molecule has 3 heterocycles. The summed E-state index contributed by atoms with van der Waals surface area (Å²) in [5.41, 5.74) is 1.12. The van der Waals surface area contributed by atoms with Crippen molar-refractivity contribution in [2.75, 3.05) is 13.2 Å². The second-order valence-corrected chi connectivity index (χ2v) is 9.02. The first-order chi connectivity index (χ1) is 11.5. The van der Waals surface area contributed by atoms with Crippen LogP contribution in [0.1, 0.15) is 43.6 Å². The molecule has 3 aliphatic rings. The Morgan fingerprint density at radius 2 is 2.38 bits per heavy atom. The molecule has 2 fully saturated rings. The number of ether oxygens (including phenoxy) is 2. The van der Waals surface area contributed by atoms with Crippen LogP contribution in [0.5, 0.6) is 0 Å². The van der Waals surface area contributed by atoms with Crippen molar-refractivity contribution in [1.29, 1.82) is 0 Å². The van der Waals surface area contributed by atoms with Gasteiger partial charge in [0.15, 0.2) is 0 Å². The molecule has 1 spiro atoms. The second-order valence-electron chi connectivity index (χ2n) is 7.34. The van der Waals surface area contributed by atoms with E-state index < -0.39 is 0 Å². The predicted octanol–water partition coefficient (Wildman–Crippen LogP) is 3.51. The fourth-order valence-electron chi connectivity index (χ4n) is 4.56. The monoisotopic (exact) mass is 369 g/mol. The summed E-state index contributed by atoms with van der Waals surface area (Å²) in [5, 5.41) is 3.70. The van der Waals surface area contributed by atoms with Gasteiger partial charge in [-0.05, 0) is 57.1 Å². The molecule has 1 N–H and O–H groups in total. The lowest BCUT2D eigenvalue weighted by Gasteiger charge is -2.46. The fraction of sp³-hybridized carbons (Fsp3) is 0.722. The summed E-state index contributed by atoms with van der Waals surface area (Å²) >= 11 is 7.95. The van der Waals surface area contributed by atoms with E-state index in [9.17, 15) is 4.79 Å². The fourth-order valence-corrected chi connectivity index (χ4v) is 6.03. The highest BCUT2D eigenvalue weighted by Crippen LogP contribution is 2.52. The maximum atomic E-state index is 12.0. The van der Waals surface area contributed by atoms with E-state index in [2.05, 4.69) is 18.3 Å². The third kappa shape index (κ3) is 2.90. The van der Waals surface area contributed by atoms with Gasteiger partial charge in [-0.3, -0.25) is 4.79 Å². The molecule has 1 aromatic rings. The van der Waals surface area contributed by atoms with Crippen LogP contribution >= 0.6 is 22.9 Å². The zero-order chi connectivity index (χ0) is 16.9. The minimum atomic E-state index is -0.234. The van der Waals surface area contributed by atoms with Crippen molar-refractivity contribution in [3.05, 3.63) is 20.8 Å². The number of halogens is 1. The van der Waals surface area contributed by atoms with Gasteiger partial charge in [-0.1, -0.05) is 11.6 Å². The Morgan fingerprint density at radius 3 is 3.17 bits per heavy atom. The molecule has 2 aliphatic heterocycles. The smallest absolute Gasteiger partial charge is 0.309 e. The molecule has 0 radical (unpaired) electrons. The number of hydrogen-bond donors (Lipinski definition) is 1. The predicted molar refractivity (Wildman–Crippen MR) is 94.5 cm³/mol. The van der Waals surface area contributed by atoms with Crippen LogP contribution in [0, 0.1) is 11.8 Å². The van der Waals surface area contributed by atoms with Gasteiger partial charge in [0.25, 0.3) is 0 Å². The average Bonchev–Trinajstić information content (AvgIpc) is 3.23. The Bertz CT molecular complexity index is 648. The lowest BCUT2D eigenvalue weighted by molar-refractivity contribution is -0.145.